The number of para-hydroxylation sites is 1. The molecule has 4 nitrogen and oxygen atoms in total. The maximum Gasteiger partial charge on any atom is 0.150 e. The summed E-state index contributed by atoms with van der Waals surface area (Å²) < 4.78 is 24.9. The van der Waals surface area contributed by atoms with Crippen molar-refractivity contribution in [3.05, 3.63) is 89.5 Å². The van der Waals surface area contributed by atoms with E-state index in [4.69, 9.17) is 9.47 Å². The summed E-state index contributed by atoms with van der Waals surface area (Å²) >= 11 is 0. The lowest BCUT2D eigenvalue weighted by molar-refractivity contribution is 0.0668. The van der Waals surface area contributed by atoms with E-state index in [1.165, 1.54) is 0 Å². The molecule has 0 aromatic heterocycles. The van der Waals surface area contributed by atoms with Crippen LogP contribution in [0.4, 0.5) is 4.39 Å². The van der Waals surface area contributed by atoms with Gasteiger partial charge in [0.25, 0.3) is 0 Å². The number of fused-ring (bicyclic) bond motifs is 1. The molecule has 2 heterocycles. The van der Waals surface area contributed by atoms with Gasteiger partial charge in [-0.25, -0.2) is 0 Å². The second-order valence-electron chi connectivity index (χ2n) is 8.78. The number of allylic oxidation sites excluding steroid dienone is 1. The van der Waals surface area contributed by atoms with Crippen LogP contribution in [0.25, 0.3) is 11.1 Å². The number of halogens is 1. The van der Waals surface area contributed by atoms with Gasteiger partial charge in [-0.1, -0.05) is 42.5 Å². The van der Waals surface area contributed by atoms with E-state index in [1.807, 2.05) is 54.6 Å². The highest BCUT2D eigenvalue weighted by Crippen LogP contribution is 2.46. The number of hydrogen-bond acceptors (Lipinski definition) is 4. The standard InChI is InChI=1S/C28H28FNO3/c1-19-25-7-2-3-8-26(25)33-28(27(19)22-5-4-6-23(31)15-22)21-9-11-24(12-10-21)32-14-13-30-17-20(16-29)18-30/h2-12,15,20,28,31H,13-14,16-18H2,1H3. The van der Waals surface area contributed by atoms with Crippen LogP contribution in [0.5, 0.6) is 17.2 Å². The first-order chi connectivity index (χ1) is 16.1. The van der Waals surface area contributed by atoms with Crippen LogP contribution in [0.2, 0.25) is 0 Å². The van der Waals surface area contributed by atoms with Crippen LogP contribution in [0.3, 0.4) is 0 Å². The van der Waals surface area contributed by atoms with Gasteiger partial charge >= 0.3 is 0 Å². The lowest BCUT2D eigenvalue weighted by atomic mass is 9.86. The first kappa shape index (κ1) is 21.5. The number of nitrogens with zero attached hydrogens (tertiary/aromatic N) is 1. The number of phenolic OH excluding ortho intramolecular Hbond substituents is 1. The van der Waals surface area contributed by atoms with Crippen LogP contribution in [-0.4, -0.2) is 42.9 Å². The summed E-state index contributed by atoms with van der Waals surface area (Å²) in [6.07, 6.45) is -0.297. The molecule has 0 saturated carbocycles. The predicted molar refractivity (Wildman–Crippen MR) is 128 cm³/mol. The Balaban J connectivity index is 1.36. The molecule has 1 atom stereocenters. The monoisotopic (exact) mass is 445 g/mol. The normalized spacial score (nSPS) is 18.4. The van der Waals surface area contributed by atoms with Gasteiger partial charge in [-0.3, -0.25) is 9.29 Å². The molecule has 33 heavy (non-hydrogen) atoms. The zero-order valence-corrected chi connectivity index (χ0v) is 18.7. The van der Waals surface area contributed by atoms with Gasteiger partial charge in [0.2, 0.25) is 0 Å². The number of ether oxygens (including phenoxy) is 2. The molecule has 3 aromatic carbocycles. The molecule has 5 heteroatoms. The third-order valence-electron chi connectivity index (χ3n) is 6.47. The Morgan fingerprint density at radius 1 is 1.03 bits per heavy atom. The Morgan fingerprint density at radius 2 is 1.82 bits per heavy atom. The van der Waals surface area contributed by atoms with E-state index in [2.05, 4.69) is 17.9 Å². The molecule has 1 unspecified atom stereocenters. The van der Waals surface area contributed by atoms with Crippen molar-refractivity contribution in [2.24, 2.45) is 5.92 Å². The molecule has 0 radical (unpaired) electrons. The summed E-state index contributed by atoms with van der Waals surface area (Å²) in [7, 11) is 0. The molecule has 5 rings (SSSR count). The Morgan fingerprint density at radius 3 is 2.58 bits per heavy atom. The van der Waals surface area contributed by atoms with Gasteiger partial charge in [-0.2, -0.15) is 0 Å². The Bertz CT molecular complexity index is 1150. The molecule has 170 valence electrons. The highest BCUT2D eigenvalue weighted by Gasteiger charge is 2.29. The Kier molecular flexibility index (Phi) is 6.05. The summed E-state index contributed by atoms with van der Waals surface area (Å²) in [4.78, 5) is 2.21. The number of rotatable bonds is 7. The number of aromatic hydroxyl groups is 1. The van der Waals surface area contributed by atoms with Crippen LogP contribution in [0.1, 0.15) is 29.7 Å². The van der Waals surface area contributed by atoms with E-state index in [0.717, 1.165) is 59.0 Å². The third kappa shape index (κ3) is 4.46. The van der Waals surface area contributed by atoms with Crippen LogP contribution in [0, 0.1) is 5.92 Å². The van der Waals surface area contributed by atoms with Crippen molar-refractivity contribution < 1.29 is 19.0 Å². The minimum atomic E-state index is -0.297. The fourth-order valence-corrected chi connectivity index (χ4v) is 4.67. The Hall–Kier alpha value is -3.31. The zero-order valence-electron chi connectivity index (χ0n) is 18.7. The fourth-order valence-electron chi connectivity index (χ4n) is 4.67. The predicted octanol–water partition coefficient (Wildman–Crippen LogP) is 5.74. The molecule has 1 N–H and O–H groups in total. The first-order valence-corrected chi connectivity index (χ1v) is 11.4. The van der Waals surface area contributed by atoms with Crippen molar-refractivity contribution in [3.8, 4) is 17.2 Å². The lowest BCUT2D eigenvalue weighted by Gasteiger charge is -2.37. The van der Waals surface area contributed by atoms with Crippen LogP contribution >= 0.6 is 0 Å². The minimum Gasteiger partial charge on any atom is -0.508 e. The molecule has 3 aromatic rings. The molecular weight excluding hydrogens is 417 g/mol. The molecule has 1 saturated heterocycles. The van der Waals surface area contributed by atoms with Gasteiger partial charge in [0.1, 0.15) is 30.0 Å². The SMILES string of the molecule is CC1=C(c2cccc(O)c2)C(c2ccc(OCCN3CC(CF)C3)cc2)Oc2ccccc21. The van der Waals surface area contributed by atoms with E-state index < -0.39 is 0 Å². The number of phenols is 1. The smallest absolute Gasteiger partial charge is 0.150 e. The molecule has 0 spiro atoms. The van der Waals surface area contributed by atoms with Crippen molar-refractivity contribution in [1.82, 2.24) is 4.90 Å². The van der Waals surface area contributed by atoms with Crippen LogP contribution < -0.4 is 9.47 Å². The quantitative estimate of drug-likeness (QED) is 0.504. The first-order valence-electron chi connectivity index (χ1n) is 11.4. The minimum absolute atomic E-state index is 0.196. The van der Waals surface area contributed by atoms with Gasteiger partial charge < -0.3 is 14.6 Å². The number of alkyl halides is 1. The third-order valence-corrected chi connectivity index (χ3v) is 6.47. The van der Waals surface area contributed by atoms with Crippen molar-refractivity contribution in [3.63, 3.8) is 0 Å². The van der Waals surface area contributed by atoms with Gasteiger partial charge in [0.15, 0.2) is 0 Å². The molecule has 0 amide bonds. The average Bonchev–Trinajstić information content (AvgIpc) is 2.81. The van der Waals surface area contributed by atoms with Crippen molar-refractivity contribution >= 4 is 11.1 Å². The summed E-state index contributed by atoms with van der Waals surface area (Å²) in [6, 6.07) is 23.4. The van der Waals surface area contributed by atoms with E-state index in [-0.39, 0.29) is 24.4 Å². The summed E-state index contributed by atoms with van der Waals surface area (Å²) in [5.41, 5.74) is 5.19. The van der Waals surface area contributed by atoms with Gasteiger partial charge in [0.05, 0.1) is 6.67 Å². The molecule has 1 fully saturated rings. The molecule has 0 aliphatic carbocycles. The molecule has 2 aliphatic heterocycles. The Labute approximate surface area is 193 Å². The fraction of sp³-hybridized carbons (Fsp3) is 0.286. The lowest BCUT2D eigenvalue weighted by Crippen LogP contribution is -2.49. The van der Waals surface area contributed by atoms with Crippen molar-refractivity contribution in [2.75, 3.05) is 32.9 Å². The maximum atomic E-state index is 12.6. The van der Waals surface area contributed by atoms with Gasteiger partial charge in [0, 0.05) is 36.7 Å². The second-order valence-corrected chi connectivity index (χ2v) is 8.78. The highest BCUT2D eigenvalue weighted by molar-refractivity contribution is 5.95. The maximum absolute atomic E-state index is 12.6. The van der Waals surface area contributed by atoms with E-state index >= 15 is 0 Å². The van der Waals surface area contributed by atoms with E-state index in [1.54, 1.807) is 12.1 Å². The second kappa shape index (κ2) is 9.28. The van der Waals surface area contributed by atoms with Crippen molar-refractivity contribution in [1.29, 1.82) is 0 Å². The van der Waals surface area contributed by atoms with E-state index in [0.29, 0.717) is 6.61 Å². The van der Waals surface area contributed by atoms with Crippen LogP contribution in [0.15, 0.2) is 72.8 Å². The average molecular weight is 446 g/mol. The summed E-state index contributed by atoms with van der Waals surface area (Å²) in [6.45, 7) is 4.91. The van der Waals surface area contributed by atoms with E-state index in [9.17, 15) is 9.50 Å². The van der Waals surface area contributed by atoms with Crippen LogP contribution in [-0.2, 0) is 0 Å². The topological polar surface area (TPSA) is 41.9 Å². The molecular formula is C28H28FNO3. The van der Waals surface area contributed by atoms with Gasteiger partial charge in [-0.15, -0.1) is 0 Å². The largest absolute Gasteiger partial charge is 0.508 e. The zero-order chi connectivity index (χ0) is 22.8. The van der Waals surface area contributed by atoms with Gasteiger partial charge in [-0.05, 0) is 54.0 Å². The number of hydrogen-bond donors (Lipinski definition) is 1. The molecule has 0 bridgehead atoms. The summed E-state index contributed by atoms with van der Waals surface area (Å²) in [5.74, 6) is 2.08. The number of benzene rings is 3. The molecule has 2 aliphatic rings. The van der Waals surface area contributed by atoms with Crippen molar-refractivity contribution in [2.45, 2.75) is 13.0 Å². The number of likely N-dealkylation sites (tertiary alicyclic amines) is 1. The summed E-state index contributed by atoms with van der Waals surface area (Å²) in [5, 5.41) is 10.1. The highest BCUT2D eigenvalue weighted by atomic mass is 19.1.